The van der Waals surface area contributed by atoms with Crippen LogP contribution >= 0.6 is 28.6 Å². The monoisotopic (exact) mass is 465 g/mol. The summed E-state index contributed by atoms with van der Waals surface area (Å²) in [5, 5.41) is 17.8. The smallest absolute Gasteiger partial charge is 0.392 e. The number of aliphatic hydroxyl groups is 1. The molecule has 2 atom stereocenters. The van der Waals surface area contributed by atoms with Crippen molar-refractivity contribution in [1.29, 1.82) is 5.41 Å². The van der Waals surface area contributed by atoms with Gasteiger partial charge in [-0.25, -0.2) is 9.36 Å². The molecule has 6 nitrogen and oxygen atoms in total. The van der Waals surface area contributed by atoms with Crippen LogP contribution in [0.4, 0.5) is 13.2 Å². The number of hydrogen-bond donors (Lipinski definition) is 3. The van der Waals surface area contributed by atoms with E-state index in [1.807, 2.05) is 0 Å². The van der Waals surface area contributed by atoms with Gasteiger partial charge in [-0.15, -0.1) is 12.6 Å². The summed E-state index contributed by atoms with van der Waals surface area (Å²) in [6, 6.07) is 4.37. The van der Waals surface area contributed by atoms with Crippen LogP contribution in [0.3, 0.4) is 0 Å². The summed E-state index contributed by atoms with van der Waals surface area (Å²) >= 11 is 7.39. The number of nitrogens with zero attached hydrogens (tertiary/aromatic N) is 2. The fourth-order valence-corrected chi connectivity index (χ4v) is 2.91. The lowest BCUT2D eigenvalue weighted by Crippen LogP contribution is -2.40. The molecule has 0 bridgehead atoms. The highest BCUT2D eigenvalue weighted by molar-refractivity contribution is 9.10. The van der Waals surface area contributed by atoms with Crippen LogP contribution in [0.15, 0.2) is 38.8 Å². The summed E-state index contributed by atoms with van der Waals surface area (Å²) in [5.74, 6) is 0. The van der Waals surface area contributed by atoms with Crippen LogP contribution in [0.25, 0.3) is 5.69 Å². The Morgan fingerprint density at radius 2 is 1.89 bits per heavy atom. The van der Waals surface area contributed by atoms with E-state index in [4.69, 9.17) is 5.41 Å². The molecule has 0 saturated carbocycles. The van der Waals surface area contributed by atoms with E-state index >= 15 is 0 Å². The van der Waals surface area contributed by atoms with Gasteiger partial charge in [-0.1, -0.05) is 15.9 Å². The zero-order valence-corrected chi connectivity index (χ0v) is 16.6. The summed E-state index contributed by atoms with van der Waals surface area (Å²) in [6.45, 7) is 1.46. The van der Waals surface area contributed by atoms with Crippen LogP contribution in [-0.4, -0.2) is 30.9 Å². The van der Waals surface area contributed by atoms with Gasteiger partial charge in [0.1, 0.15) is 5.69 Å². The lowest BCUT2D eigenvalue weighted by molar-refractivity contribution is -0.144. The van der Waals surface area contributed by atoms with E-state index < -0.39 is 34.1 Å². The molecule has 146 valence electrons. The Labute approximate surface area is 165 Å². The average molecular weight is 466 g/mol. The quantitative estimate of drug-likeness (QED) is 0.368. The minimum atomic E-state index is -4.85. The average Bonchev–Trinajstić information content (AvgIpc) is 2.57. The number of aliphatic hydroxyl groups excluding tert-OH is 1. The Balaban J connectivity index is 2.70. The van der Waals surface area contributed by atoms with Gasteiger partial charge in [0.25, 0.3) is 5.56 Å². The number of rotatable bonds is 4. The number of hydrogen-bond acceptors (Lipinski definition) is 5. The van der Waals surface area contributed by atoms with E-state index in [0.717, 1.165) is 7.05 Å². The van der Waals surface area contributed by atoms with Gasteiger partial charge >= 0.3 is 11.9 Å². The van der Waals surface area contributed by atoms with E-state index in [1.165, 1.54) is 25.1 Å². The normalized spacial score (nSPS) is 14.1. The van der Waals surface area contributed by atoms with Gasteiger partial charge < -0.3 is 10.5 Å². The molecule has 1 aromatic carbocycles. The number of aromatic nitrogens is 2. The Morgan fingerprint density at radius 3 is 2.41 bits per heavy atom. The molecule has 2 N–H and O–H groups in total. The van der Waals surface area contributed by atoms with E-state index in [9.17, 15) is 27.9 Å². The topological polar surface area (TPSA) is 88.1 Å². The second-order valence-corrected chi connectivity index (χ2v) is 7.27. The third-order valence-electron chi connectivity index (χ3n) is 3.84. The molecule has 1 heterocycles. The Bertz CT molecular complexity index is 1010. The van der Waals surface area contributed by atoms with Crippen molar-refractivity contribution in [2.75, 3.05) is 0 Å². The van der Waals surface area contributed by atoms with Crippen molar-refractivity contribution in [1.82, 2.24) is 9.13 Å². The summed E-state index contributed by atoms with van der Waals surface area (Å²) in [4.78, 5) is 24.2. The van der Waals surface area contributed by atoms with Crippen LogP contribution in [-0.2, 0) is 13.2 Å². The predicted octanol–water partition coefficient (Wildman–Crippen LogP) is 2.36. The molecule has 0 saturated heterocycles. The second kappa shape index (κ2) is 7.64. The molecule has 2 unspecified atom stereocenters. The Kier molecular flexibility index (Phi) is 6.07. The van der Waals surface area contributed by atoms with Crippen molar-refractivity contribution in [3.63, 3.8) is 0 Å². The molecule has 0 radical (unpaired) electrons. The van der Waals surface area contributed by atoms with Gasteiger partial charge in [0, 0.05) is 23.6 Å². The van der Waals surface area contributed by atoms with E-state index in [1.54, 1.807) is 0 Å². The van der Waals surface area contributed by atoms with Gasteiger partial charge in [0.05, 0.1) is 22.3 Å². The molecule has 0 fully saturated rings. The second-order valence-electron chi connectivity index (χ2n) is 5.80. The van der Waals surface area contributed by atoms with Crippen LogP contribution in [0.1, 0.15) is 18.2 Å². The maximum absolute atomic E-state index is 13.0. The molecule has 0 aliphatic carbocycles. The Hall–Kier alpha value is -1.85. The highest BCUT2D eigenvalue weighted by atomic mass is 79.9. The third kappa shape index (κ3) is 4.19. The maximum atomic E-state index is 13.0. The molecule has 2 rings (SSSR count). The van der Waals surface area contributed by atoms with Gasteiger partial charge in [0.2, 0.25) is 0 Å². The maximum Gasteiger partial charge on any atom is 0.431 e. The zero-order valence-electron chi connectivity index (χ0n) is 14.1. The molecular weight excluding hydrogens is 451 g/mol. The first kappa shape index (κ1) is 21.5. The van der Waals surface area contributed by atoms with Gasteiger partial charge in [-0.2, -0.15) is 13.2 Å². The van der Waals surface area contributed by atoms with Crippen molar-refractivity contribution in [2.45, 2.75) is 28.9 Å². The van der Waals surface area contributed by atoms with Crippen LogP contribution < -0.4 is 11.2 Å². The van der Waals surface area contributed by atoms with Crippen LogP contribution in [0.2, 0.25) is 0 Å². The summed E-state index contributed by atoms with van der Waals surface area (Å²) < 4.78 is 39.8. The van der Waals surface area contributed by atoms with Gasteiger partial charge in [0.15, 0.2) is 0 Å². The first-order valence-electron chi connectivity index (χ1n) is 7.51. The number of thiol groups is 1. The highest BCUT2D eigenvalue weighted by Crippen LogP contribution is 2.27. The summed E-state index contributed by atoms with van der Waals surface area (Å²) in [5.41, 5.74) is -3.55. The van der Waals surface area contributed by atoms with Crippen molar-refractivity contribution in [3.05, 3.63) is 56.4 Å². The molecule has 0 aliphatic heterocycles. The molecule has 27 heavy (non-hydrogen) atoms. The van der Waals surface area contributed by atoms with Crippen molar-refractivity contribution < 1.29 is 18.3 Å². The van der Waals surface area contributed by atoms with Gasteiger partial charge in [-0.3, -0.25) is 9.36 Å². The number of halogens is 4. The third-order valence-corrected chi connectivity index (χ3v) is 5.45. The fraction of sp³-hybridized carbons (Fsp3) is 0.312. The van der Waals surface area contributed by atoms with Gasteiger partial charge in [-0.05, 0) is 25.1 Å². The summed E-state index contributed by atoms with van der Waals surface area (Å²) in [6.07, 6.45) is -5.76. The largest absolute Gasteiger partial charge is 0.431 e. The van der Waals surface area contributed by atoms with Crippen LogP contribution in [0, 0.1) is 5.41 Å². The van der Waals surface area contributed by atoms with E-state index in [2.05, 4.69) is 28.6 Å². The lowest BCUT2D eigenvalue weighted by Gasteiger charge is -2.18. The molecule has 0 aliphatic rings. The molecule has 11 heteroatoms. The molecule has 1 aromatic heterocycles. The molecule has 2 aromatic rings. The van der Waals surface area contributed by atoms with Crippen molar-refractivity contribution >= 4 is 34.3 Å². The lowest BCUT2D eigenvalue weighted by atomic mass is 10.0. The Morgan fingerprint density at radius 1 is 1.30 bits per heavy atom. The SMILES string of the molecule is CC(O)C(Br)C(=N)c1cc(-n2c(=O)cc(C(F)(F)F)n(C)c2=O)ccc1S. The number of nitrogens with one attached hydrogen (secondary N) is 1. The standard InChI is InChI=1S/C16H15BrF3N3O3S/c1-7(24)13(17)14(21)9-5-8(3-4-10(9)27)23-12(25)6-11(16(18,19)20)22(2)15(23)26/h3-7,13,21,24,27H,1-2H3. The summed E-state index contributed by atoms with van der Waals surface area (Å²) in [7, 11) is 0.916. The fourth-order valence-electron chi connectivity index (χ4n) is 2.40. The number of alkyl halides is 4. The molecule has 0 spiro atoms. The zero-order chi connectivity index (χ0) is 20.7. The number of benzene rings is 1. The van der Waals surface area contributed by atoms with Crippen molar-refractivity contribution in [3.8, 4) is 5.69 Å². The highest BCUT2D eigenvalue weighted by Gasteiger charge is 2.35. The molecular formula is C16H15BrF3N3O3S. The molecule has 0 amide bonds. The minimum absolute atomic E-state index is 0.0165. The van der Waals surface area contributed by atoms with E-state index in [-0.39, 0.29) is 17.0 Å². The first-order valence-corrected chi connectivity index (χ1v) is 8.87. The van der Waals surface area contributed by atoms with Crippen molar-refractivity contribution in [2.24, 2.45) is 7.05 Å². The minimum Gasteiger partial charge on any atom is -0.392 e. The first-order chi connectivity index (χ1) is 12.4. The predicted molar refractivity (Wildman–Crippen MR) is 101 cm³/mol. The van der Waals surface area contributed by atoms with Crippen LogP contribution in [0.5, 0.6) is 0 Å². The van der Waals surface area contributed by atoms with E-state index in [0.29, 0.717) is 20.1 Å².